The van der Waals surface area contributed by atoms with Gasteiger partial charge in [0.05, 0.1) is 13.2 Å². The summed E-state index contributed by atoms with van der Waals surface area (Å²) in [6.45, 7) is 4.41. The van der Waals surface area contributed by atoms with Crippen LogP contribution in [-0.2, 0) is 14.3 Å². The van der Waals surface area contributed by atoms with E-state index in [4.69, 9.17) is 9.47 Å². The molecule has 0 atom stereocenters. The van der Waals surface area contributed by atoms with Crippen molar-refractivity contribution in [3.63, 3.8) is 0 Å². The molecule has 0 aliphatic heterocycles. The minimum atomic E-state index is -0.419. The lowest BCUT2D eigenvalue weighted by molar-refractivity contribution is -0.143. The molecule has 0 heterocycles. The lowest BCUT2D eigenvalue weighted by Gasteiger charge is -2.08. The van der Waals surface area contributed by atoms with Gasteiger partial charge in [-0.25, -0.2) is 0 Å². The first-order valence-corrected chi connectivity index (χ1v) is 6.74. The van der Waals surface area contributed by atoms with E-state index in [0.29, 0.717) is 26.1 Å². The first kappa shape index (κ1) is 16.0. The average molecular weight is 279 g/mol. The summed E-state index contributed by atoms with van der Waals surface area (Å²) in [6.07, 6.45) is 0.925. The average Bonchev–Trinajstić information content (AvgIpc) is 2.43. The Bertz CT molecular complexity index is 445. The topological polar surface area (TPSA) is 64.6 Å². The van der Waals surface area contributed by atoms with Crippen LogP contribution in [0.4, 0.5) is 0 Å². The van der Waals surface area contributed by atoms with Crippen molar-refractivity contribution in [2.24, 2.45) is 0 Å². The van der Waals surface area contributed by atoms with E-state index in [1.54, 1.807) is 6.92 Å². The molecular formula is C15H21NO4. The van der Waals surface area contributed by atoms with Crippen LogP contribution in [0.1, 0.15) is 25.3 Å². The van der Waals surface area contributed by atoms with Crippen LogP contribution in [0.5, 0.6) is 5.75 Å². The van der Waals surface area contributed by atoms with Crippen molar-refractivity contribution in [3.8, 4) is 5.75 Å². The third kappa shape index (κ3) is 6.22. The van der Waals surface area contributed by atoms with Gasteiger partial charge in [0.2, 0.25) is 5.91 Å². The number of para-hydroxylation sites is 1. The zero-order valence-corrected chi connectivity index (χ0v) is 12.0. The predicted octanol–water partition coefficient (Wildman–Crippen LogP) is 1.83. The van der Waals surface area contributed by atoms with Gasteiger partial charge in [0.25, 0.3) is 0 Å². The first-order chi connectivity index (χ1) is 9.63. The highest BCUT2D eigenvalue weighted by Crippen LogP contribution is 2.16. The molecule has 0 saturated heterocycles. The fourth-order valence-corrected chi connectivity index (χ4v) is 1.60. The molecule has 0 saturated carbocycles. The van der Waals surface area contributed by atoms with Crippen LogP contribution in [-0.4, -0.2) is 31.6 Å². The second-order valence-electron chi connectivity index (χ2n) is 4.30. The van der Waals surface area contributed by atoms with E-state index in [2.05, 4.69) is 5.32 Å². The molecule has 20 heavy (non-hydrogen) atoms. The van der Waals surface area contributed by atoms with Gasteiger partial charge < -0.3 is 14.8 Å². The van der Waals surface area contributed by atoms with E-state index < -0.39 is 5.97 Å². The zero-order chi connectivity index (χ0) is 14.8. The van der Waals surface area contributed by atoms with Crippen LogP contribution < -0.4 is 10.1 Å². The van der Waals surface area contributed by atoms with Gasteiger partial charge in [0, 0.05) is 6.42 Å². The monoisotopic (exact) mass is 279 g/mol. The molecule has 0 aromatic heterocycles. The van der Waals surface area contributed by atoms with Crippen LogP contribution >= 0.6 is 0 Å². The quantitative estimate of drug-likeness (QED) is 0.582. The predicted molar refractivity (Wildman–Crippen MR) is 75.6 cm³/mol. The lowest BCUT2D eigenvalue weighted by atomic mass is 10.2. The largest absolute Gasteiger partial charge is 0.493 e. The Labute approximate surface area is 119 Å². The molecule has 5 heteroatoms. The minimum Gasteiger partial charge on any atom is -0.493 e. The van der Waals surface area contributed by atoms with Gasteiger partial charge in [-0.3, -0.25) is 9.59 Å². The van der Waals surface area contributed by atoms with E-state index in [9.17, 15) is 9.59 Å². The molecule has 1 amide bonds. The smallest absolute Gasteiger partial charge is 0.325 e. The highest BCUT2D eigenvalue weighted by atomic mass is 16.5. The second kappa shape index (κ2) is 8.96. The number of esters is 1. The molecule has 0 radical (unpaired) electrons. The van der Waals surface area contributed by atoms with Gasteiger partial charge in [0.15, 0.2) is 0 Å². The van der Waals surface area contributed by atoms with Gasteiger partial charge in [0.1, 0.15) is 12.3 Å². The summed E-state index contributed by atoms with van der Waals surface area (Å²) in [5, 5.41) is 2.51. The van der Waals surface area contributed by atoms with Crippen LogP contribution in [0.3, 0.4) is 0 Å². The maximum atomic E-state index is 11.5. The highest BCUT2D eigenvalue weighted by Gasteiger charge is 2.06. The Kier molecular flexibility index (Phi) is 7.17. The second-order valence-corrected chi connectivity index (χ2v) is 4.30. The van der Waals surface area contributed by atoms with E-state index in [1.807, 2.05) is 31.2 Å². The van der Waals surface area contributed by atoms with Crippen molar-refractivity contribution < 1.29 is 19.1 Å². The van der Waals surface area contributed by atoms with Crippen molar-refractivity contribution in [2.75, 3.05) is 19.8 Å². The summed E-state index contributed by atoms with van der Waals surface area (Å²) in [7, 11) is 0. The maximum Gasteiger partial charge on any atom is 0.325 e. The third-order valence-corrected chi connectivity index (χ3v) is 2.63. The van der Waals surface area contributed by atoms with Gasteiger partial charge in [-0.2, -0.15) is 0 Å². The summed E-state index contributed by atoms with van der Waals surface area (Å²) in [5.41, 5.74) is 1.07. The molecule has 0 spiro atoms. The summed E-state index contributed by atoms with van der Waals surface area (Å²) in [6, 6.07) is 7.73. The number of hydrogen-bond acceptors (Lipinski definition) is 4. The number of amides is 1. The molecule has 0 aliphatic carbocycles. The number of aryl methyl sites for hydroxylation is 1. The number of carbonyl (C=O) groups excluding carboxylic acids is 2. The molecule has 0 bridgehead atoms. The molecule has 1 rings (SSSR count). The van der Waals surface area contributed by atoms with Crippen molar-refractivity contribution in [2.45, 2.75) is 26.7 Å². The summed E-state index contributed by atoms with van der Waals surface area (Å²) in [5.74, 6) is 0.239. The molecule has 0 fully saturated rings. The Balaban J connectivity index is 2.13. The van der Waals surface area contributed by atoms with Gasteiger partial charge in [-0.1, -0.05) is 18.2 Å². The summed E-state index contributed by atoms with van der Waals surface area (Å²) >= 11 is 0. The minimum absolute atomic E-state index is 0.0781. The normalized spacial score (nSPS) is 9.90. The van der Waals surface area contributed by atoms with Crippen LogP contribution in [0.2, 0.25) is 0 Å². The number of nitrogens with one attached hydrogen (secondary N) is 1. The molecule has 0 unspecified atom stereocenters. The van der Waals surface area contributed by atoms with Crippen LogP contribution in [0.25, 0.3) is 0 Å². The third-order valence-electron chi connectivity index (χ3n) is 2.63. The molecule has 1 aromatic carbocycles. The van der Waals surface area contributed by atoms with Crippen molar-refractivity contribution in [3.05, 3.63) is 29.8 Å². The number of ether oxygens (including phenoxy) is 2. The van der Waals surface area contributed by atoms with Crippen molar-refractivity contribution in [1.29, 1.82) is 0 Å². The highest BCUT2D eigenvalue weighted by molar-refractivity contribution is 5.81. The number of hydrogen-bond donors (Lipinski definition) is 1. The van der Waals surface area contributed by atoms with E-state index >= 15 is 0 Å². The number of carbonyl (C=O) groups is 2. The molecule has 0 aliphatic rings. The first-order valence-electron chi connectivity index (χ1n) is 6.74. The van der Waals surface area contributed by atoms with Gasteiger partial charge >= 0.3 is 5.97 Å². The Morgan fingerprint density at radius 2 is 2.00 bits per heavy atom. The van der Waals surface area contributed by atoms with Gasteiger partial charge in [-0.05, 0) is 31.9 Å². The standard InChI is InChI=1S/C15H21NO4/c1-3-19-15(18)11-16-14(17)9-6-10-20-13-8-5-4-7-12(13)2/h4-5,7-8H,3,6,9-11H2,1-2H3,(H,16,17). The number of benzene rings is 1. The summed E-state index contributed by atoms with van der Waals surface area (Å²) in [4.78, 5) is 22.5. The molecule has 1 N–H and O–H groups in total. The van der Waals surface area contributed by atoms with Crippen molar-refractivity contribution >= 4 is 11.9 Å². The summed E-state index contributed by atoms with van der Waals surface area (Å²) < 4.78 is 10.3. The maximum absolute atomic E-state index is 11.5. The van der Waals surface area contributed by atoms with E-state index in [1.165, 1.54) is 0 Å². The van der Waals surface area contributed by atoms with Crippen LogP contribution in [0.15, 0.2) is 24.3 Å². The number of rotatable bonds is 8. The zero-order valence-electron chi connectivity index (χ0n) is 12.0. The Morgan fingerprint density at radius 1 is 1.25 bits per heavy atom. The van der Waals surface area contributed by atoms with Gasteiger partial charge in [-0.15, -0.1) is 0 Å². The lowest BCUT2D eigenvalue weighted by Crippen LogP contribution is -2.30. The SMILES string of the molecule is CCOC(=O)CNC(=O)CCCOc1ccccc1C. The van der Waals surface area contributed by atoms with E-state index in [-0.39, 0.29) is 12.5 Å². The fraction of sp³-hybridized carbons (Fsp3) is 0.467. The van der Waals surface area contributed by atoms with Crippen LogP contribution in [0, 0.1) is 6.92 Å². The molecule has 1 aromatic rings. The van der Waals surface area contributed by atoms with Crippen molar-refractivity contribution in [1.82, 2.24) is 5.32 Å². The Hall–Kier alpha value is -2.04. The molecule has 5 nitrogen and oxygen atoms in total. The van der Waals surface area contributed by atoms with E-state index in [0.717, 1.165) is 11.3 Å². The molecule has 110 valence electrons. The Morgan fingerprint density at radius 3 is 2.70 bits per heavy atom. The fourth-order valence-electron chi connectivity index (χ4n) is 1.60. The molecular weight excluding hydrogens is 258 g/mol.